The van der Waals surface area contributed by atoms with Gasteiger partial charge in [0.25, 0.3) is 5.69 Å². The molecule has 7 heteroatoms. The first kappa shape index (κ1) is 15.8. The molecule has 6 nitrogen and oxygen atoms in total. The van der Waals surface area contributed by atoms with Crippen molar-refractivity contribution in [2.75, 3.05) is 5.32 Å². The second kappa shape index (κ2) is 6.95. The SMILES string of the molecule is Cc1ccc([N+](=O)[O-])cc1NC(=O)CCC(=O)c1cccs1. The molecule has 1 aromatic heterocycles. The highest BCUT2D eigenvalue weighted by Gasteiger charge is 2.13. The molecule has 0 atom stereocenters. The Kier molecular flexibility index (Phi) is 5.00. The number of Topliss-reactive ketones (excluding diaryl/α,β-unsaturated/α-hetero) is 1. The summed E-state index contributed by atoms with van der Waals surface area (Å²) in [4.78, 5) is 34.6. The maximum atomic E-state index is 11.9. The van der Waals surface area contributed by atoms with Crippen LogP contribution in [0, 0.1) is 17.0 Å². The normalized spacial score (nSPS) is 10.2. The van der Waals surface area contributed by atoms with E-state index >= 15 is 0 Å². The van der Waals surface area contributed by atoms with Gasteiger partial charge in [0.05, 0.1) is 15.5 Å². The Morgan fingerprint density at radius 2 is 2.05 bits per heavy atom. The summed E-state index contributed by atoms with van der Waals surface area (Å²) < 4.78 is 0. The molecule has 1 amide bonds. The van der Waals surface area contributed by atoms with Gasteiger partial charge < -0.3 is 5.32 Å². The van der Waals surface area contributed by atoms with Crippen molar-refractivity contribution in [1.29, 1.82) is 0 Å². The van der Waals surface area contributed by atoms with Crippen LogP contribution in [0.1, 0.15) is 28.1 Å². The molecule has 0 aliphatic rings. The molecule has 2 aromatic rings. The minimum absolute atomic E-state index is 0.0405. The predicted octanol–water partition coefficient (Wildman–Crippen LogP) is 3.57. The monoisotopic (exact) mass is 318 g/mol. The number of benzene rings is 1. The van der Waals surface area contributed by atoms with E-state index < -0.39 is 4.92 Å². The molecule has 0 spiro atoms. The van der Waals surface area contributed by atoms with Gasteiger partial charge in [0.1, 0.15) is 0 Å². The van der Waals surface area contributed by atoms with Crippen LogP contribution < -0.4 is 5.32 Å². The zero-order valence-electron chi connectivity index (χ0n) is 11.9. The number of thiophene rings is 1. The predicted molar refractivity (Wildman–Crippen MR) is 84.3 cm³/mol. The first-order valence-electron chi connectivity index (χ1n) is 6.59. The molecule has 22 heavy (non-hydrogen) atoms. The summed E-state index contributed by atoms with van der Waals surface area (Å²) in [6.07, 6.45) is 0.152. The zero-order valence-corrected chi connectivity index (χ0v) is 12.7. The number of nitro groups is 1. The lowest BCUT2D eigenvalue weighted by atomic mass is 10.1. The standard InChI is InChI=1S/C15H14N2O4S/c1-10-4-5-11(17(20)21)9-12(10)16-15(19)7-6-13(18)14-3-2-8-22-14/h2-5,8-9H,6-7H2,1H3,(H,16,19). The van der Waals surface area contributed by atoms with E-state index in [1.807, 2.05) is 0 Å². The van der Waals surface area contributed by atoms with Crippen LogP contribution in [0.2, 0.25) is 0 Å². The van der Waals surface area contributed by atoms with E-state index in [4.69, 9.17) is 0 Å². The topological polar surface area (TPSA) is 89.3 Å². The second-order valence-electron chi connectivity index (χ2n) is 4.70. The second-order valence-corrected chi connectivity index (χ2v) is 5.65. The van der Waals surface area contributed by atoms with E-state index in [1.165, 1.54) is 23.5 Å². The average Bonchev–Trinajstić information content (AvgIpc) is 3.01. The smallest absolute Gasteiger partial charge is 0.271 e. The van der Waals surface area contributed by atoms with Crippen LogP contribution in [0.4, 0.5) is 11.4 Å². The van der Waals surface area contributed by atoms with E-state index in [9.17, 15) is 19.7 Å². The molecule has 1 heterocycles. The molecule has 1 N–H and O–H groups in total. The molecular weight excluding hydrogens is 304 g/mol. The van der Waals surface area contributed by atoms with Gasteiger partial charge in [-0.25, -0.2) is 0 Å². The zero-order chi connectivity index (χ0) is 16.1. The summed E-state index contributed by atoms with van der Waals surface area (Å²) in [6, 6.07) is 7.77. The maximum absolute atomic E-state index is 11.9. The fourth-order valence-electron chi connectivity index (χ4n) is 1.86. The molecule has 0 radical (unpaired) electrons. The van der Waals surface area contributed by atoms with Crippen LogP contribution in [0.3, 0.4) is 0 Å². The number of carbonyl (C=O) groups is 2. The van der Waals surface area contributed by atoms with Gasteiger partial charge in [-0.15, -0.1) is 11.3 Å². The fourth-order valence-corrected chi connectivity index (χ4v) is 2.55. The Balaban J connectivity index is 1.96. The summed E-state index contributed by atoms with van der Waals surface area (Å²) in [6.45, 7) is 1.75. The first-order chi connectivity index (χ1) is 10.5. The van der Waals surface area contributed by atoms with Gasteiger partial charge in [0, 0.05) is 25.0 Å². The summed E-state index contributed by atoms with van der Waals surface area (Å²) >= 11 is 1.34. The number of anilines is 1. The van der Waals surface area contributed by atoms with Crippen molar-refractivity contribution in [1.82, 2.24) is 0 Å². The Morgan fingerprint density at radius 3 is 2.68 bits per heavy atom. The highest BCUT2D eigenvalue weighted by Crippen LogP contribution is 2.22. The molecule has 0 saturated heterocycles. The lowest BCUT2D eigenvalue weighted by Gasteiger charge is -2.07. The first-order valence-corrected chi connectivity index (χ1v) is 7.47. The number of ketones is 1. The molecule has 0 aliphatic heterocycles. The number of aryl methyl sites for hydroxylation is 1. The molecular formula is C15H14N2O4S. The average molecular weight is 318 g/mol. The van der Waals surface area contributed by atoms with Gasteiger partial charge in [-0.05, 0) is 23.9 Å². The van der Waals surface area contributed by atoms with Gasteiger partial charge >= 0.3 is 0 Å². The van der Waals surface area contributed by atoms with Crippen LogP contribution in [0.15, 0.2) is 35.7 Å². The number of non-ortho nitro benzene ring substituents is 1. The highest BCUT2D eigenvalue weighted by atomic mass is 32.1. The number of amides is 1. The van der Waals surface area contributed by atoms with Crippen LogP contribution in [0.25, 0.3) is 0 Å². The third-order valence-corrected chi connectivity index (χ3v) is 3.99. The number of carbonyl (C=O) groups excluding carboxylic acids is 2. The minimum Gasteiger partial charge on any atom is -0.326 e. The molecule has 1 aromatic carbocycles. The van der Waals surface area contributed by atoms with Crippen molar-refractivity contribution < 1.29 is 14.5 Å². The number of hydrogen-bond donors (Lipinski definition) is 1. The quantitative estimate of drug-likeness (QED) is 0.501. The Labute approximate surface area is 130 Å². The van der Waals surface area contributed by atoms with Crippen molar-refractivity contribution in [3.63, 3.8) is 0 Å². The molecule has 0 saturated carbocycles. The maximum Gasteiger partial charge on any atom is 0.271 e. The lowest BCUT2D eigenvalue weighted by molar-refractivity contribution is -0.384. The largest absolute Gasteiger partial charge is 0.326 e. The number of hydrogen-bond acceptors (Lipinski definition) is 5. The number of nitrogens with one attached hydrogen (secondary N) is 1. The minimum atomic E-state index is -0.518. The van der Waals surface area contributed by atoms with Gasteiger partial charge in [-0.2, -0.15) is 0 Å². The van der Waals surface area contributed by atoms with Gasteiger partial charge in [-0.3, -0.25) is 19.7 Å². The summed E-state index contributed by atoms with van der Waals surface area (Å²) in [5.74, 6) is -0.422. The molecule has 0 unspecified atom stereocenters. The summed E-state index contributed by atoms with van der Waals surface area (Å²) in [5.41, 5.74) is 1.03. The summed E-state index contributed by atoms with van der Waals surface area (Å²) in [7, 11) is 0. The molecule has 0 fully saturated rings. The Bertz CT molecular complexity index is 710. The van der Waals surface area contributed by atoms with Crippen molar-refractivity contribution in [2.24, 2.45) is 0 Å². The molecule has 0 aliphatic carbocycles. The Morgan fingerprint density at radius 1 is 1.27 bits per heavy atom. The van der Waals surface area contributed by atoms with Crippen LogP contribution in [-0.4, -0.2) is 16.6 Å². The molecule has 0 bridgehead atoms. The molecule has 2 rings (SSSR count). The highest BCUT2D eigenvalue weighted by molar-refractivity contribution is 7.12. The third kappa shape index (κ3) is 3.98. The van der Waals surface area contributed by atoms with Crippen molar-refractivity contribution in [3.8, 4) is 0 Å². The summed E-state index contributed by atoms with van der Waals surface area (Å²) in [5, 5.41) is 15.2. The van der Waals surface area contributed by atoms with Crippen molar-refractivity contribution in [2.45, 2.75) is 19.8 Å². The lowest BCUT2D eigenvalue weighted by Crippen LogP contribution is -2.14. The number of nitro benzene ring substituents is 1. The van der Waals surface area contributed by atoms with Gasteiger partial charge in [0.2, 0.25) is 5.91 Å². The molecule has 114 valence electrons. The van der Waals surface area contributed by atoms with Crippen molar-refractivity contribution >= 4 is 34.4 Å². The number of nitrogens with zero attached hydrogens (tertiary/aromatic N) is 1. The van der Waals surface area contributed by atoms with Crippen LogP contribution >= 0.6 is 11.3 Å². The fraction of sp³-hybridized carbons (Fsp3) is 0.200. The van der Waals surface area contributed by atoms with Gasteiger partial charge in [-0.1, -0.05) is 12.1 Å². The van der Waals surface area contributed by atoms with Crippen LogP contribution in [-0.2, 0) is 4.79 Å². The van der Waals surface area contributed by atoms with Crippen molar-refractivity contribution in [3.05, 3.63) is 56.3 Å². The van der Waals surface area contributed by atoms with E-state index in [-0.39, 0.29) is 30.2 Å². The van der Waals surface area contributed by atoms with E-state index in [0.29, 0.717) is 10.6 Å². The van der Waals surface area contributed by atoms with Crippen LogP contribution in [0.5, 0.6) is 0 Å². The van der Waals surface area contributed by atoms with E-state index in [1.54, 1.807) is 30.5 Å². The Hall–Kier alpha value is -2.54. The number of rotatable bonds is 6. The van der Waals surface area contributed by atoms with Gasteiger partial charge in [0.15, 0.2) is 5.78 Å². The van der Waals surface area contributed by atoms with E-state index in [0.717, 1.165) is 5.56 Å². The van der Waals surface area contributed by atoms with E-state index in [2.05, 4.69) is 5.32 Å². The third-order valence-electron chi connectivity index (χ3n) is 3.08.